The van der Waals surface area contributed by atoms with Crippen molar-refractivity contribution in [1.82, 2.24) is 4.72 Å². The normalized spacial score (nSPS) is 24.2. The lowest BCUT2D eigenvalue weighted by molar-refractivity contribution is 0.126. The van der Waals surface area contributed by atoms with Crippen LogP contribution in [0.5, 0.6) is 0 Å². The molecule has 4 nitrogen and oxygen atoms in total. The van der Waals surface area contributed by atoms with Gasteiger partial charge in [-0.25, -0.2) is 17.5 Å². The van der Waals surface area contributed by atoms with Crippen LogP contribution in [0.3, 0.4) is 0 Å². The van der Waals surface area contributed by atoms with E-state index in [0.717, 1.165) is 5.56 Å². The quantitative estimate of drug-likeness (QED) is 0.929. The number of aryl methyl sites for hydroxylation is 2. The minimum Gasteiger partial charge on any atom is -0.377 e. The molecule has 1 N–H and O–H groups in total. The summed E-state index contributed by atoms with van der Waals surface area (Å²) >= 11 is 0. The number of hydrogen-bond donors (Lipinski definition) is 1. The Morgan fingerprint density at radius 3 is 2.38 bits per heavy atom. The van der Waals surface area contributed by atoms with E-state index in [9.17, 15) is 12.8 Å². The molecule has 1 heterocycles. The second kappa shape index (κ2) is 6.02. The van der Waals surface area contributed by atoms with Crippen molar-refractivity contribution in [2.45, 2.75) is 51.5 Å². The molecule has 6 heteroatoms. The third-order valence-corrected chi connectivity index (χ3v) is 6.10. The number of nitrogens with one attached hydrogen (secondary N) is 1. The maximum absolute atomic E-state index is 13.7. The largest absolute Gasteiger partial charge is 0.377 e. The summed E-state index contributed by atoms with van der Waals surface area (Å²) in [6, 6.07) is 2.97. The minimum absolute atomic E-state index is 0.244. The molecule has 0 saturated carbocycles. The average Bonchev–Trinajstić information content (AvgIpc) is 2.82. The number of benzene rings is 1. The van der Waals surface area contributed by atoms with Crippen molar-refractivity contribution in [3.63, 3.8) is 0 Å². The molecular formula is C15H22FNO3S. The first-order chi connectivity index (χ1) is 9.72. The molecule has 1 fully saturated rings. The summed E-state index contributed by atoms with van der Waals surface area (Å²) in [5.74, 6) is -0.244. The van der Waals surface area contributed by atoms with Crippen LogP contribution in [0.15, 0.2) is 12.1 Å². The molecule has 3 atom stereocenters. The van der Waals surface area contributed by atoms with E-state index in [-0.39, 0.29) is 11.9 Å². The summed E-state index contributed by atoms with van der Waals surface area (Å²) in [6.07, 6.45) is 0.205. The van der Waals surface area contributed by atoms with Gasteiger partial charge >= 0.3 is 0 Å². The Hall–Kier alpha value is -0.980. The van der Waals surface area contributed by atoms with Crippen molar-refractivity contribution < 1.29 is 17.5 Å². The van der Waals surface area contributed by atoms with E-state index in [2.05, 4.69) is 4.72 Å². The SMILES string of the molecule is Cc1cc([C@H](C)NS(=O)(=O)[C@@H]2CCO[C@H]2C)cc(C)c1F. The zero-order chi connectivity index (χ0) is 15.8. The molecule has 118 valence electrons. The fourth-order valence-electron chi connectivity index (χ4n) is 2.75. The highest BCUT2D eigenvalue weighted by Gasteiger charge is 2.36. The Labute approximate surface area is 125 Å². The minimum atomic E-state index is -3.46. The van der Waals surface area contributed by atoms with Gasteiger partial charge in [0.05, 0.1) is 6.10 Å². The molecule has 1 saturated heterocycles. The van der Waals surface area contributed by atoms with Gasteiger partial charge in [-0.2, -0.15) is 0 Å². The summed E-state index contributed by atoms with van der Waals surface area (Å²) in [6.45, 7) is 7.37. The molecule has 0 unspecified atom stereocenters. The van der Waals surface area contributed by atoms with Crippen LogP contribution >= 0.6 is 0 Å². The summed E-state index contributed by atoms with van der Waals surface area (Å²) < 4.78 is 46.5. The Morgan fingerprint density at radius 1 is 1.33 bits per heavy atom. The van der Waals surface area contributed by atoms with Gasteiger partial charge in [-0.05, 0) is 50.8 Å². The van der Waals surface area contributed by atoms with E-state index < -0.39 is 21.3 Å². The number of halogens is 1. The highest BCUT2D eigenvalue weighted by atomic mass is 32.2. The molecule has 0 bridgehead atoms. The molecule has 1 aromatic carbocycles. The highest BCUT2D eigenvalue weighted by molar-refractivity contribution is 7.90. The molecule has 0 aromatic heterocycles. The molecule has 21 heavy (non-hydrogen) atoms. The van der Waals surface area contributed by atoms with Crippen LogP contribution in [0.4, 0.5) is 4.39 Å². The summed E-state index contributed by atoms with van der Waals surface area (Å²) in [7, 11) is -3.46. The van der Waals surface area contributed by atoms with Crippen LogP contribution in [0, 0.1) is 19.7 Å². The Kier molecular flexibility index (Phi) is 4.70. The van der Waals surface area contributed by atoms with E-state index in [1.54, 1.807) is 39.8 Å². The fraction of sp³-hybridized carbons (Fsp3) is 0.600. The monoisotopic (exact) mass is 315 g/mol. The topological polar surface area (TPSA) is 55.4 Å². The maximum Gasteiger partial charge on any atom is 0.217 e. The zero-order valence-corrected chi connectivity index (χ0v) is 13.6. The highest BCUT2D eigenvalue weighted by Crippen LogP contribution is 2.24. The zero-order valence-electron chi connectivity index (χ0n) is 12.8. The van der Waals surface area contributed by atoms with Crippen molar-refractivity contribution in [3.8, 4) is 0 Å². The first-order valence-electron chi connectivity index (χ1n) is 7.11. The molecule has 0 amide bonds. The second-order valence-corrected chi connectivity index (χ2v) is 7.69. The lowest BCUT2D eigenvalue weighted by atomic mass is 10.0. The van der Waals surface area contributed by atoms with Gasteiger partial charge in [0, 0.05) is 12.6 Å². The lowest BCUT2D eigenvalue weighted by Gasteiger charge is -2.21. The van der Waals surface area contributed by atoms with Gasteiger partial charge in [-0.1, -0.05) is 12.1 Å². The van der Waals surface area contributed by atoms with Crippen molar-refractivity contribution in [3.05, 3.63) is 34.6 Å². The van der Waals surface area contributed by atoms with Gasteiger partial charge < -0.3 is 4.74 Å². The first kappa shape index (κ1) is 16.4. The van der Waals surface area contributed by atoms with Gasteiger partial charge in [-0.3, -0.25) is 0 Å². The average molecular weight is 315 g/mol. The first-order valence-corrected chi connectivity index (χ1v) is 8.66. The maximum atomic E-state index is 13.7. The van der Waals surface area contributed by atoms with Crippen molar-refractivity contribution in [1.29, 1.82) is 0 Å². The third kappa shape index (κ3) is 3.44. The van der Waals surface area contributed by atoms with E-state index in [1.807, 2.05) is 0 Å². The van der Waals surface area contributed by atoms with E-state index >= 15 is 0 Å². The lowest BCUT2D eigenvalue weighted by Crippen LogP contribution is -2.39. The van der Waals surface area contributed by atoms with Crippen LogP contribution < -0.4 is 4.72 Å². The molecular weight excluding hydrogens is 293 g/mol. The van der Waals surface area contributed by atoms with Crippen LogP contribution in [0.2, 0.25) is 0 Å². The smallest absolute Gasteiger partial charge is 0.217 e. The molecule has 0 aliphatic carbocycles. The van der Waals surface area contributed by atoms with E-state index in [4.69, 9.17) is 4.74 Å². The number of hydrogen-bond acceptors (Lipinski definition) is 3. The summed E-state index contributed by atoms with van der Waals surface area (Å²) in [5, 5.41) is -0.525. The number of sulfonamides is 1. The van der Waals surface area contributed by atoms with Gasteiger partial charge in [-0.15, -0.1) is 0 Å². The molecule has 1 aliphatic heterocycles. The van der Waals surface area contributed by atoms with Crippen LogP contribution in [-0.4, -0.2) is 26.4 Å². The Morgan fingerprint density at radius 2 is 1.90 bits per heavy atom. The van der Waals surface area contributed by atoms with Gasteiger partial charge in [0.15, 0.2) is 0 Å². The Bertz CT molecular complexity index is 607. The van der Waals surface area contributed by atoms with Crippen LogP contribution in [-0.2, 0) is 14.8 Å². The fourth-order valence-corrected chi connectivity index (χ4v) is 4.54. The van der Waals surface area contributed by atoms with Gasteiger partial charge in [0.25, 0.3) is 0 Å². The molecule has 0 spiro atoms. The molecule has 1 aromatic rings. The molecule has 0 radical (unpaired) electrons. The second-order valence-electron chi connectivity index (χ2n) is 5.76. The van der Waals surface area contributed by atoms with E-state index in [0.29, 0.717) is 24.2 Å². The summed E-state index contributed by atoms with van der Waals surface area (Å²) in [5.41, 5.74) is 1.81. The molecule has 2 rings (SSSR count). The van der Waals surface area contributed by atoms with Crippen molar-refractivity contribution in [2.24, 2.45) is 0 Å². The van der Waals surface area contributed by atoms with Gasteiger partial charge in [0.1, 0.15) is 11.1 Å². The van der Waals surface area contributed by atoms with Crippen molar-refractivity contribution >= 4 is 10.0 Å². The van der Waals surface area contributed by atoms with Gasteiger partial charge in [0.2, 0.25) is 10.0 Å². The molecule has 1 aliphatic rings. The predicted molar refractivity (Wildman–Crippen MR) is 80.2 cm³/mol. The number of rotatable bonds is 4. The van der Waals surface area contributed by atoms with Crippen LogP contribution in [0.25, 0.3) is 0 Å². The number of ether oxygens (including phenoxy) is 1. The Balaban J connectivity index is 2.19. The van der Waals surface area contributed by atoms with E-state index in [1.165, 1.54) is 0 Å². The summed E-state index contributed by atoms with van der Waals surface area (Å²) in [4.78, 5) is 0. The standard InChI is InChI=1S/C15H22FNO3S/c1-9-7-13(8-10(2)15(9)16)11(3)17-21(18,19)14-5-6-20-12(14)4/h7-8,11-12,14,17H,5-6H2,1-4H3/t11-,12-,14+/m0/s1. The van der Waals surface area contributed by atoms with Crippen molar-refractivity contribution in [2.75, 3.05) is 6.61 Å². The third-order valence-electron chi connectivity index (χ3n) is 4.01. The predicted octanol–water partition coefficient (Wildman–Crippen LogP) is 2.60. The van der Waals surface area contributed by atoms with Crippen LogP contribution in [0.1, 0.15) is 43.0 Å².